The molecule has 22 heavy (non-hydrogen) atoms. The Morgan fingerprint density at radius 3 is 2.91 bits per heavy atom. The molecular weight excluding hydrogens is 294 g/mol. The lowest BCUT2D eigenvalue weighted by atomic mass is 10.1. The van der Waals surface area contributed by atoms with Crippen LogP contribution in [0.25, 0.3) is 11.3 Å². The lowest BCUT2D eigenvalue weighted by molar-refractivity contribution is 0.756. The van der Waals surface area contributed by atoms with Gasteiger partial charge in [0.25, 0.3) is 0 Å². The first-order chi connectivity index (χ1) is 10.6. The number of nitrogens with zero attached hydrogens (tertiary/aromatic N) is 4. The molecule has 0 aliphatic carbocycles. The van der Waals surface area contributed by atoms with Gasteiger partial charge in [-0.3, -0.25) is 4.68 Å². The van der Waals surface area contributed by atoms with Gasteiger partial charge >= 0.3 is 0 Å². The van der Waals surface area contributed by atoms with Gasteiger partial charge in [-0.1, -0.05) is 0 Å². The van der Waals surface area contributed by atoms with E-state index in [0.717, 1.165) is 23.4 Å². The molecule has 0 saturated heterocycles. The molecule has 0 radical (unpaired) electrons. The molecule has 5 nitrogen and oxygen atoms in total. The van der Waals surface area contributed by atoms with E-state index in [1.165, 1.54) is 5.56 Å². The molecule has 3 heterocycles. The Kier molecular flexibility index (Phi) is 4.20. The van der Waals surface area contributed by atoms with Crippen molar-refractivity contribution in [2.24, 2.45) is 7.05 Å². The summed E-state index contributed by atoms with van der Waals surface area (Å²) < 4.78 is 1.80. The highest BCUT2D eigenvalue weighted by atomic mass is 32.1. The molecule has 3 aromatic rings. The van der Waals surface area contributed by atoms with Crippen molar-refractivity contribution >= 4 is 17.3 Å². The molecule has 0 fully saturated rings. The Balaban J connectivity index is 1.75. The Labute approximate surface area is 134 Å². The Morgan fingerprint density at radius 1 is 1.36 bits per heavy atom. The first-order valence-corrected chi connectivity index (χ1v) is 8.17. The Hall–Kier alpha value is -2.21. The summed E-state index contributed by atoms with van der Waals surface area (Å²) >= 11 is 1.72. The standard InChI is InChI=1S/C16H19N5S/c1-11(8-13-5-7-22-10-13)18-16-17-6-4-15(19-16)14-9-21(3)20-12(14)2/h4-7,9-11H,8H2,1-3H3,(H,17,18,19). The van der Waals surface area contributed by atoms with Crippen molar-refractivity contribution in [3.8, 4) is 11.3 Å². The second-order valence-corrected chi connectivity index (χ2v) is 6.23. The summed E-state index contributed by atoms with van der Waals surface area (Å²) in [5.41, 5.74) is 4.24. The van der Waals surface area contributed by atoms with Crippen LogP contribution in [-0.2, 0) is 13.5 Å². The average molecular weight is 313 g/mol. The summed E-state index contributed by atoms with van der Waals surface area (Å²) in [5.74, 6) is 0.656. The van der Waals surface area contributed by atoms with Crippen LogP contribution in [0.4, 0.5) is 5.95 Å². The number of thiophene rings is 1. The molecule has 0 spiro atoms. The van der Waals surface area contributed by atoms with E-state index in [-0.39, 0.29) is 6.04 Å². The summed E-state index contributed by atoms with van der Waals surface area (Å²) in [5, 5.41) is 12.0. The zero-order chi connectivity index (χ0) is 15.5. The van der Waals surface area contributed by atoms with Gasteiger partial charge in [0.2, 0.25) is 5.95 Å². The van der Waals surface area contributed by atoms with Gasteiger partial charge in [0, 0.05) is 31.0 Å². The van der Waals surface area contributed by atoms with Crippen molar-refractivity contribution in [1.82, 2.24) is 19.7 Å². The maximum Gasteiger partial charge on any atom is 0.223 e. The molecule has 1 N–H and O–H groups in total. The minimum absolute atomic E-state index is 0.278. The predicted octanol–water partition coefficient (Wildman–Crippen LogP) is 3.29. The van der Waals surface area contributed by atoms with Gasteiger partial charge in [0.05, 0.1) is 11.4 Å². The molecule has 1 unspecified atom stereocenters. The van der Waals surface area contributed by atoms with Gasteiger partial charge in [0.15, 0.2) is 0 Å². The molecule has 0 aliphatic heterocycles. The van der Waals surface area contributed by atoms with Gasteiger partial charge in [-0.15, -0.1) is 0 Å². The zero-order valence-electron chi connectivity index (χ0n) is 12.9. The van der Waals surface area contributed by atoms with E-state index in [1.54, 1.807) is 22.2 Å². The van der Waals surface area contributed by atoms with Gasteiger partial charge in [0.1, 0.15) is 0 Å². The molecule has 0 saturated carbocycles. The average Bonchev–Trinajstić information content (AvgIpc) is 3.08. The monoisotopic (exact) mass is 313 g/mol. The van der Waals surface area contributed by atoms with Crippen LogP contribution < -0.4 is 5.32 Å². The van der Waals surface area contributed by atoms with E-state index in [9.17, 15) is 0 Å². The molecule has 0 amide bonds. The minimum atomic E-state index is 0.278. The van der Waals surface area contributed by atoms with E-state index in [4.69, 9.17) is 0 Å². The van der Waals surface area contributed by atoms with Gasteiger partial charge in [-0.05, 0) is 48.7 Å². The number of nitrogens with one attached hydrogen (secondary N) is 1. The van der Waals surface area contributed by atoms with Crippen molar-refractivity contribution in [2.75, 3.05) is 5.32 Å². The third-order valence-electron chi connectivity index (χ3n) is 3.44. The highest BCUT2D eigenvalue weighted by Gasteiger charge is 2.10. The first-order valence-electron chi connectivity index (χ1n) is 7.23. The molecule has 0 aromatic carbocycles. The van der Waals surface area contributed by atoms with Crippen LogP contribution in [0.2, 0.25) is 0 Å². The number of hydrogen-bond acceptors (Lipinski definition) is 5. The van der Waals surface area contributed by atoms with Crippen molar-refractivity contribution in [3.05, 3.63) is 46.5 Å². The van der Waals surface area contributed by atoms with Crippen LogP contribution in [0, 0.1) is 6.92 Å². The van der Waals surface area contributed by atoms with Gasteiger partial charge < -0.3 is 5.32 Å². The second kappa shape index (κ2) is 6.27. The SMILES string of the molecule is Cc1nn(C)cc1-c1ccnc(NC(C)Cc2ccsc2)n1. The smallest absolute Gasteiger partial charge is 0.223 e. The number of anilines is 1. The third-order valence-corrected chi connectivity index (χ3v) is 4.17. The minimum Gasteiger partial charge on any atom is -0.351 e. The molecule has 0 bridgehead atoms. The Morgan fingerprint density at radius 2 is 2.23 bits per heavy atom. The maximum atomic E-state index is 4.61. The van der Waals surface area contributed by atoms with Gasteiger partial charge in [-0.2, -0.15) is 16.4 Å². The van der Waals surface area contributed by atoms with Crippen molar-refractivity contribution in [3.63, 3.8) is 0 Å². The highest BCUT2D eigenvalue weighted by molar-refractivity contribution is 7.07. The van der Waals surface area contributed by atoms with E-state index in [0.29, 0.717) is 5.95 Å². The first kappa shape index (κ1) is 14.7. The lowest BCUT2D eigenvalue weighted by Crippen LogP contribution is -2.19. The molecule has 114 valence electrons. The van der Waals surface area contributed by atoms with E-state index in [1.807, 2.05) is 26.2 Å². The van der Waals surface area contributed by atoms with Crippen molar-refractivity contribution in [2.45, 2.75) is 26.3 Å². The normalized spacial score (nSPS) is 12.3. The van der Waals surface area contributed by atoms with Crippen LogP contribution in [0.3, 0.4) is 0 Å². The highest BCUT2D eigenvalue weighted by Crippen LogP contribution is 2.21. The molecule has 3 aromatic heterocycles. The van der Waals surface area contributed by atoms with Crippen LogP contribution in [0.15, 0.2) is 35.3 Å². The largest absolute Gasteiger partial charge is 0.351 e. The topological polar surface area (TPSA) is 55.6 Å². The predicted molar refractivity (Wildman–Crippen MR) is 90.1 cm³/mol. The van der Waals surface area contributed by atoms with E-state index < -0.39 is 0 Å². The summed E-state index contributed by atoms with van der Waals surface area (Å²) in [4.78, 5) is 8.94. The molecule has 1 atom stereocenters. The van der Waals surface area contributed by atoms with Crippen LogP contribution >= 0.6 is 11.3 Å². The zero-order valence-corrected chi connectivity index (χ0v) is 13.8. The third kappa shape index (κ3) is 3.33. The second-order valence-electron chi connectivity index (χ2n) is 5.45. The Bertz CT molecular complexity index is 748. The number of aromatic nitrogens is 4. The summed E-state index contributed by atoms with van der Waals surface area (Å²) in [6, 6.07) is 4.34. The molecule has 6 heteroatoms. The number of rotatable bonds is 5. The fourth-order valence-corrected chi connectivity index (χ4v) is 3.14. The van der Waals surface area contributed by atoms with Crippen LogP contribution in [0.5, 0.6) is 0 Å². The van der Waals surface area contributed by atoms with Crippen molar-refractivity contribution < 1.29 is 0 Å². The molecule has 0 aliphatic rings. The quantitative estimate of drug-likeness (QED) is 0.785. The summed E-state index contributed by atoms with van der Waals surface area (Å²) in [6.45, 7) is 4.13. The lowest BCUT2D eigenvalue weighted by Gasteiger charge is -2.13. The fraction of sp³-hybridized carbons (Fsp3) is 0.312. The fourth-order valence-electron chi connectivity index (χ4n) is 2.46. The molecular formula is C16H19N5S. The molecule has 3 rings (SSSR count). The van der Waals surface area contributed by atoms with Crippen molar-refractivity contribution in [1.29, 1.82) is 0 Å². The number of hydrogen-bond donors (Lipinski definition) is 1. The van der Waals surface area contributed by atoms with Gasteiger partial charge in [-0.25, -0.2) is 9.97 Å². The maximum absolute atomic E-state index is 4.61. The van der Waals surface area contributed by atoms with E-state index in [2.05, 4.69) is 44.1 Å². The summed E-state index contributed by atoms with van der Waals surface area (Å²) in [7, 11) is 1.92. The number of aryl methyl sites for hydroxylation is 2. The van der Waals surface area contributed by atoms with Crippen LogP contribution in [0.1, 0.15) is 18.2 Å². The summed E-state index contributed by atoms with van der Waals surface area (Å²) in [6.07, 6.45) is 4.73. The van der Waals surface area contributed by atoms with Crippen LogP contribution in [-0.4, -0.2) is 25.8 Å². The van der Waals surface area contributed by atoms with E-state index >= 15 is 0 Å².